The minimum Gasteiger partial charge on any atom is -0.493 e. The maximum Gasteiger partial charge on any atom is 0.210 e. The molecule has 0 aliphatic carbocycles. The van der Waals surface area contributed by atoms with Crippen LogP contribution in [0.15, 0.2) is 53.8 Å². The number of thiazole rings is 1. The van der Waals surface area contributed by atoms with E-state index in [2.05, 4.69) is 9.98 Å². The summed E-state index contributed by atoms with van der Waals surface area (Å²) in [5.41, 5.74) is 5.01. The molecule has 0 bridgehead atoms. The van der Waals surface area contributed by atoms with Crippen LogP contribution in [-0.2, 0) is 6.54 Å². The van der Waals surface area contributed by atoms with Crippen molar-refractivity contribution in [3.63, 3.8) is 0 Å². The van der Waals surface area contributed by atoms with E-state index in [9.17, 15) is 5.11 Å². The number of nitrogens with zero attached hydrogens (tertiary/aromatic N) is 3. The molecular formula is C19H15N3OS2. The van der Waals surface area contributed by atoms with Crippen LogP contribution < -0.4 is 0 Å². The molecular weight excluding hydrogens is 350 g/mol. The molecule has 0 atom stereocenters. The molecule has 1 aromatic carbocycles. The Hall–Kier alpha value is -2.57. The predicted octanol–water partition coefficient (Wildman–Crippen LogP) is 5.07. The lowest BCUT2D eigenvalue weighted by molar-refractivity contribution is 0.422. The molecule has 0 saturated carbocycles. The summed E-state index contributed by atoms with van der Waals surface area (Å²) < 4.78 is 2.37. The van der Waals surface area contributed by atoms with Gasteiger partial charge in [0.1, 0.15) is 0 Å². The minimum absolute atomic E-state index is 0.184. The van der Waals surface area contributed by atoms with Crippen molar-refractivity contribution < 1.29 is 5.11 Å². The number of hydrogen-bond acceptors (Lipinski definition) is 5. The Morgan fingerprint density at radius 2 is 2.08 bits per heavy atom. The summed E-state index contributed by atoms with van der Waals surface area (Å²) in [6, 6.07) is 11.9. The molecule has 0 unspecified atom stereocenters. The topological polar surface area (TPSA) is 50.4 Å². The number of rotatable bonds is 3. The van der Waals surface area contributed by atoms with E-state index in [-0.39, 0.29) is 5.88 Å². The molecule has 1 N–H and O–H groups in total. The lowest BCUT2D eigenvalue weighted by Crippen LogP contribution is -1.99. The van der Waals surface area contributed by atoms with Gasteiger partial charge >= 0.3 is 0 Å². The second kappa shape index (κ2) is 6.38. The lowest BCUT2D eigenvalue weighted by Gasteiger charge is -2.05. The molecule has 0 spiro atoms. The van der Waals surface area contributed by atoms with Crippen molar-refractivity contribution in [3.05, 3.63) is 68.8 Å². The molecule has 0 amide bonds. The van der Waals surface area contributed by atoms with Gasteiger partial charge in [-0.05, 0) is 42.9 Å². The SMILES string of the molecule is CC1=Nc2ccccc2/C1=C\c1sc(=S)n(Cc2cccnc2)c1O. The van der Waals surface area contributed by atoms with Crippen LogP contribution in [0.2, 0.25) is 0 Å². The third-order valence-corrected chi connectivity index (χ3v) is 5.49. The van der Waals surface area contributed by atoms with Crippen LogP contribution >= 0.6 is 23.6 Å². The van der Waals surface area contributed by atoms with Crippen molar-refractivity contribution in [2.24, 2.45) is 4.99 Å². The molecule has 2 aromatic heterocycles. The number of para-hydroxylation sites is 1. The quantitative estimate of drug-likeness (QED) is 0.659. The van der Waals surface area contributed by atoms with E-state index >= 15 is 0 Å². The average Bonchev–Trinajstić information content (AvgIpc) is 3.07. The van der Waals surface area contributed by atoms with Crippen molar-refractivity contribution >= 4 is 46.6 Å². The van der Waals surface area contributed by atoms with Gasteiger partial charge in [0, 0.05) is 29.2 Å². The Morgan fingerprint density at radius 3 is 2.88 bits per heavy atom. The van der Waals surface area contributed by atoms with Gasteiger partial charge in [-0.2, -0.15) is 0 Å². The van der Waals surface area contributed by atoms with E-state index in [1.165, 1.54) is 11.3 Å². The number of aliphatic imine (C=N–C) groups is 1. The molecule has 3 heterocycles. The highest BCUT2D eigenvalue weighted by atomic mass is 32.1. The van der Waals surface area contributed by atoms with Gasteiger partial charge in [0.25, 0.3) is 0 Å². The highest BCUT2D eigenvalue weighted by molar-refractivity contribution is 7.73. The van der Waals surface area contributed by atoms with Gasteiger partial charge in [-0.1, -0.05) is 24.3 Å². The van der Waals surface area contributed by atoms with Crippen LogP contribution in [0.4, 0.5) is 5.69 Å². The zero-order valence-electron chi connectivity index (χ0n) is 13.5. The molecule has 3 aromatic rings. The van der Waals surface area contributed by atoms with Gasteiger partial charge in [-0.25, -0.2) is 0 Å². The Kier molecular flexibility index (Phi) is 4.07. The molecule has 1 aliphatic heterocycles. The van der Waals surface area contributed by atoms with Crippen molar-refractivity contribution in [2.45, 2.75) is 13.5 Å². The van der Waals surface area contributed by atoms with Crippen LogP contribution in [0.25, 0.3) is 11.6 Å². The van der Waals surface area contributed by atoms with E-state index in [0.29, 0.717) is 10.5 Å². The summed E-state index contributed by atoms with van der Waals surface area (Å²) >= 11 is 6.85. The molecule has 6 heteroatoms. The Labute approximate surface area is 154 Å². The van der Waals surface area contributed by atoms with E-state index in [4.69, 9.17) is 12.2 Å². The molecule has 0 saturated heterocycles. The van der Waals surface area contributed by atoms with Gasteiger partial charge in [-0.3, -0.25) is 14.5 Å². The largest absolute Gasteiger partial charge is 0.493 e. The highest BCUT2D eigenvalue weighted by Gasteiger charge is 2.19. The van der Waals surface area contributed by atoms with Gasteiger partial charge in [0.05, 0.1) is 17.1 Å². The summed E-state index contributed by atoms with van der Waals surface area (Å²) in [6.45, 7) is 2.48. The van der Waals surface area contributed by atoms with E-state index in [1.807, 2.05) is 49.4 Å². The van der Waals surface area contributed by atoms with Crippen LogP contribution in [-0.4, -0.2) is 20.4 Å². The van der Waals surface area contributed by atoms with Gasteiger partial charge in [-0.15, -0.1) is 11.3 Å². The minimum atomic E-state index is 0.184. The summed E-state index contributed by atoms with van der Waals surface area (Å²) in [4.78, 5) is 9.44. The number of pyridine rings is 1. The monoisotopic (exact) mass is 365 g/mol. The molecule has 4 nitrogen and oxygen atoms in total. The summed E-state index contributed by atoms with van der Waals surface area (Å²) in [6.07, 6.45) is 5.48. The van der Waals surface area contributed by atoms with Crippen molar-refractivity contribution in [1.29, 1.82) is 0 Å². The number of aromatic nitrogens is 2. The molecule has 25 heavy (non-hydrogen) atoms. The third kappa shape index (κ3) is 2.94. The number of benzene rings is 1. The fraction of sp³-hybridized carbons (Fsp3) is 0.105. The first-order chi connectivity index (χ1) is 12.1. The second-order valence-corrected chi connectivity index (χ2v) is 7.45. The molecule has 4 rings (SSSR count). The summed E-state index contributed by atoms with van der Waals surface area (Å²) in [5, 5.41) is 10.7. The lowest BCUT2D eigenvalue weighted by atomic mass is 10.0. The second-order valence-electron chi connectivity index (χ2n) is 5.78. The van der Waals surface area contributed by atoms with Crippen molar-refractivity contribution in [1.82, 2.24) is 9.55 Å². The Morgan fingerprint density at radius 1 is 1.24 bits per heavy atom. The van der Waals surface area contributed by atoms with Crippen LogP contribution in [0, 0.1) is 3.95 Å². The van der Waals surface area contributed by atoms with Gasteiger partial charge < -0.3 is 5.11 Å². The number of hydrogen-bond donors (Lipinski definition) is 1. The Bertz CT molecular complexity index is 1060. The molecule has 0 fully saturated rings. The first-order valence-corrected chi connectivity index (χ1v) is 9.04. The van der Waals surface area contributed by atoms with Crippen LogP contribution in [0.1, 0.15) is 22.9 Å². The van der Waals surface area contributed by atoms with E-state index in [1.54, 1.807) is 17.0 Å². The maximum absolute atomic E-state index is 10.7. The molecule has 1 aliphatic rings. The number of aromatic hydroxyl groups is 1. The summed E-state index contributed by atoms with van der Waals surface area (Å²) in [5.74, 6) is 0.184. The zero-order chi connectivity index (χ0) is 17.4. The fourth-order valence-corrected chi connectivity index (χ4v) is 4.12. The fourth-order valence-electron chi connectivity index (χ4n) is 2.87. The normalized spacial score (nSPS) is 14.6. The van der Waals surface area contributed by atoms with Crippen molar-refractivity contribution in [3.8, 4) is 5.88 Å². The van der Waals surface area contributed by atoms with Crippen LogP contribution in [0.5, 0.6) is 5.88 Å². The zero-order valence-corrected chi connectivity index (χ0v) is 15.1. The highest BCUT2D eigenvalue weighted by Crippen LogP contribution is 2.38. The van der Waals surface area contributed by atoms with Gasteiger partial charge in [0.15, 0.2) is 3.95 Å². The Balaban J connectivity index is 1.75. The molecule has 124 valence electrons. The van der Waals surface area contributed by atoms with E-state index in [0.717, 1.165) is 33.0 Å². The van der Waals surface area contributed by atoms with Crippen LogP contribution in [0.3, 0.4) is 0 Å². The summed E-state index contributed by atoms with van der Waals surface area (Å²) in [7, 11) is 0. The van der Waals surface area contributed by atoms with Gasteiger partial charge in [0.2, 0.25) is 5.88 Å². The molecule has 0 radical (unpaired) electrons. The standard InChI is InChI=1S/C19H15N3OS2/c1-12-15(14-6-2-3-7-16(14)21-12)9-17-18(23)22(19(24)25-17)11-13-5-4-8-20-10-13/h2-10,23H,11H2,1H3/b15-9-. The first-order valence-electron chi connectivity index (χ1n) is 7.82. The van der Waals surface area contributed by atoms with Crippen molar-refractivity contribution in [2.75, 3.05) is 0 Å². The third-order valence-electron chi connectivity index (χ3n) is 4.10. The average molecular weight is 365 g/mol. The smallest absolute Gasteiger partial charge is 0.210 e. The predicted molar refractivity (Wildman–Crippen MR) is 105 cm³/mol. The number of allylic oxidation sites excluding steroid dienone is 1. The first kappa shape index (κ1) is 15.9. The van der Waals surface area contributed by atoms with E-state index < -0.39 is 0 Å². The number of fused-ring (bicyclic) bond motifs is 1. The maximum atomic E-state index is 10.7.